The molecule has 0 radical (unpaired) electrons. The third kappa shape index (κ3) is 5.13. The van der Waals surface area contributed by atoms with Crippen molar-refractivity contribution >= 4 is 17.5 Å². The van der Waals surface area contributed by atoms with E-state index in [0.717, 1.165) is 18.7 Å². The standard InChI is InChI=1S/C22H28N4O4/c1-15-17(22(28)25-18-6-4-5-7-19(18)30-3)14-23-21(24-15)16-8-11-26(12-9-16)20(27)10-13-29-2/h4-7,14,16H,8-13H2,1-3H3,(H,25,28). The third-order valence-corrected chi connectivity index (χ3v) is 5.33. The molecule has 0 bridgehead atoms. The molecule has 160 valence electrons. The van der Waals surface area contributed by atoms with E-state index in [9.17, 15) is 9.59 Å². The number of likely N-dealkylation sites (tertiary alicyclic amines) is 1. The highest BCUT2D eigenvalue weighted by molar-refractivity contribution is 6.05. The number of anilines is 1. The third-order valence-electron chi connectivity index (χ3n) is 5.33. The summed E-state index contributed by atoms with van der Waals surface area (Å²) in [6.07, 6.45) is 3.61. The van der Waals surface area contributed by atoms with Gasteiger partial charge in [0, 0.05) is 32.3 Å². The normalized spacial score (nSPS) is 14.4. The summed E-state index contributed by atoms with van der Waals surface area (Å²) in [5, 5.41) is 2.85. The Bertz CT molecular complexity index is 894. The van der Waals surface area contributed by atoms with Crippen LogP contribution in [0.1, 0.15) is 47.1 Å². The number of aryl methyl sites for hydroxylation is 1. The van der Waals surface area contributed by atoms with Gasteiger partial charge in [-0.3, -0.25) is 9.59 Å². The Hall–Kier alpha value is -3.00. The second kappa shape index (κ2) is 10.2. The second-order valence-corrected chi connectivity index (χ2v) is 7.28. The molecule has 8 heteroatoms. The van der Waals surface area contributed by atoms with Gasteiger partial charge in [0.2, 0.25) is 5.91 Å². The zero-order valence-electron chi connectivity index (χ0n) is 17.7. The average Bonchev–Trinajstić information content (AvgIpc) is 2.77. The molecule has 0 atom stereocenters. The molecular weight excluding hydrogens is 384 g/mol. The van der Waals surface area contributed by atoms with Gasteiger partial charge in [-0.15, -0.1) is 0 Å². The minimum absolute atomic E-state index is 0.121. The van der Waals surface area contributed by atoms with Gasteiger partial charge < -0.3 is 19.7 Å². The molecule has 0 saturated carbocycles. The van der Waals surface area contributed by atoms with Crippen LogP contribution in [0.2, 0.25) is 0 Å². The van der Waals surface area contributed by atoms with Crippen LogP contribution >= 0.6 is 0 Å². The number of rotatable bonds is 7. The first-order valence-electron chi connectivity index (χ1n) is 10.1. The van der Waals surface area contributed by atoms with E-state index in [1.807, 2.05) is 24.0 Å². The lowest BCUT2D eigenvalue weighted by Crippen LogP contribution is -2.38. The van der Waals surface area contributed by atoms with Crippen molar-refractivity contribution in [2.24, 2.45) is 0 Å². The number of carbonyl (C=O) groups excluding carboxylic acids is 2. The molecule has 1 aromatic carbocycles. The molecule has 1 fully saturated rings. The zero-order valence-corrected chi connectivity index (χ0v) is 17.7. The first-order valence-corrected chi connectivity index (χ1v) is 10.1. The number of piperidine rings is 1. The predicted octanol–water partition coefficient (Wildman–Crippen LogP) is 2.79. The maximum Gasteiger partial charge on any atom is 0.259 e. The van der Waals surface area contributed by atoms with Gasteiger partial charge in [-0.05, 0) is 31.9 Å². The number of carbonyl (C=O) groups is 2. The number of ether oxygens (including phenoxy) is 2. The number of hydrogen-bond donors (Lipinski definition) is 1. The molecule has 1 aromatic heterocycles. The van der Waals surface area contributed by atoms with Crippen molar-refractivity contribution < 1.29 is 19.1 Å². The Morgan fingerprint density at radius 1 is 1.20 bits per heavy atom. The lowest BCUT2D eigenvalue weighted by atomic mass is 9.95. The smallest absolute Gasteiger partial charge is 0.259 e. The first-order chi connectivity index (χ1) is 14.5. The number of nitrogens with zero attached hydrogens (tertiary/aromatic N) is 3. The summed E-state index contributed by atoms with van der Waals surface area (Å²) >= 11 is 0. The van der Waals surface area contributed by atoms with E-state index in [0.29, 0.717) is 48.8 Å². The SMILES string of the molecule is COCCC(=O)N1CCC(c2ncc(C(=O)Nc3ccccc3OC)c(C)n2)CC1. The predicted molar refractivity (Wildman–Crippen MR) is 113 cm³/mol. The van der Waals surface area contributed by atoms with Crippen LogP contribution in [0.4, 0.5) is 5.69 Å². The molecule has 1 saturated heterocycles. The van der Waals surface area contributed by atoms with Crippen molar-refractivity contribution in [3.8, 4) is 5.75 Å². The maximum absolute atomic E-state index is 12.7. The Balaban J connectivity index is 1.63. The molecule has 1 aliphatic rings. The largest absolute Gasteiger partial charge is 0.495 e. The summed E-state index contributed by atoms with van der Waals surface area (Å²) in [5.41, 5.74) is 1.65. The highest BCUT2D eigenvalue weighted by Gasteiger charge is 2.26. The molecule has 8 nitrogen and oxygen atoms in total. The number of benzene rings is 1. The summed E-state index contributed by atoms with van der Waals surface area (Å²) in [4.78, 5) is 35.8. The van der Waals surface area contributed by atoms with E-state index < -0.39 is 0 Å². The van der Waals surface area contributed by atoms with Gasteiger partial charge in [-0.2, -0.15) is 0 Å². The van der Waals surface area contributed by atoms with Gasteiger partial charge in [0.25, 0.3) is 5.91 Å². The summed E-state index contributed by atoms with van der Waals surface area (Å²) < 4.78 is 10.3. The fourth-order valence-corrected chi connectivity index (χ4v) is 3.58. The quantitative estimate of drug-likeness (QED) is 0.752. The van der Waals surface area contributed by atoms with Crippen LogP contribution in [0, 0.1) is 6.92 Å². The Kier molecular flexibility index (Phi) is 7.35. The Morgan fingerprint density at radius 3 is 2.60 bits per heavy atom. The van der Waals surface area contributed by atoms with Crippen molar-refractivity contribution in [1.82, 2.24) is 14.9 Å². The van der Waals surface area contributed by atoms with Crippen LogP contribution in [-0.2, 0) is 9.53 Å². The van der Waals surface area contributed by atoms with Crippen molar-refractivity contribution in [1.29, 1.82) is 0 Å². The van der Waals surface area contributed by atoms with Crippen LogP contribution in [0.25, 0.3) is 0 Å². The molecule has 2 amide bonds. The van der Waals surface area contributed by atoms with Gasteiger partial charge in [-0.1, -0.05) is 12.1 Å². The highest BCUT2D eigenvalue weighted by Crippen LogP contribution is 2.27. The lowest BCUT2D eigenvalue weighted by Gasteiger charge is -2.31. The molecule has 1 aliphatic heterocycles. The highest BCUT2D eigenvalue weighted by atomic mass is 16.5. The summed E-state index contributed by atoms with van der Waals surface area (Å²) in [6.45, 7) is 3.63. The monoisotopic (exact) mass is 412 g/mol. The van der Waals surface area contributed by atoms with Gasteiger partial charge in [0.15, 0.2) is 0 Å². The van der Waals surface area contributed by atoms with Crippen LogP contribution in [0.5, 0.6) is 5.75 Å². The molecule has 2 aromatic rings. The molecular formula is C22H28N4O4. The number of nitrogens with one attached hydrogen (secondary N) is 1. The minimum Gasteiger partial charge on any atom is -0.495 e. The lowest BCUT2D eigenvalue weighted by molar-refractivity contribution is -0.133. The fourth-order valence-electron chi connectivity index (χ4n) is 3.58. The van der Waals surface area contributed by atoms with Crippen LogP contribution < -0.4 is 10.1 Å². The van der Waals surface area contributed by atoms with Gasteiger partial charge >= 0.3 is 0 Å². The molecule has 3 rings (SSSR count). The van der Waals surface area contributed by atoms with Crippen molar-refractivity contribution in [3.63, 3.8) is 0 Å². The van der Waals surface area contributed by atoms with Gasteiger partial charge in [-0.25, -0.2) is 9.97 Å². The van der Waals surface area contributed by atoms with Crippen molar-refractivity contribution in [3.05, 3.63) is 47.5 Å². The van der Waals surface area contributed by atoms with Gasteiger partial charge in [0.1, 0.15) is 11.6 Å². The number of methoxy groups -OCH3 is 2. The van der Waals surface area contributed by atoms with Crippen LogP contribution in [0.15, 0.2) is 30.5 Å². The van der Waals surface area contributed by atoms with Crippen molar-refractivity contribution in [2.45, 2.75) is 32.1 Å². The van der Waals surface area contributed by atoms with Crippen LogP contribution in [-0.4, -0.2) is 60.6 Å². The van der Waals surface area contributed by atoms with Crippen molar-refractivity contribution in [2.75, 3.05) is 39.2 Å². The van der Waals surface area contributed by atoms with Gasteiger partial charge in [0.05, 0.1) is 37.1 Å². The zero-order chi connectivity index (χ0) is 21.5. The average molecular weight is 412 g/mol. The summed E-state index contributed by atoms with van der Waals surface area (Å²) in [6, 6.07) is 7.24. The summed E-state index contributed by atoms with van der Waals surface area (Å²) in [5.74, 6) is 1.34. The number of amides is 2. The second-order valence-electron chi connectivity index (χ2n) is 7.28. The van der Waals surface area contributed by atoms with E-state index in [-0.39, 0.29) is 17.7 Å². The molecule has 30 heavy (non-hydrogen) atoms. The fraction of sp³-hybridized carbons (Fsp3) is 0.455. The first kappa shape index (κ1) is 21.7. The van der Waals surface area contributed by atoms with E-state index in [2.05, 4.69) is 15.3 Å². The summed E-state index contributed by atoms with van der Waals surface area (Å²) in [7, 11) is 3.16. The molecule has 0 spiro atoms. The molecule has 1 N–H and O–H groups in total. The number of aromatic nitrogens is 2. The maximum atomic E-state index is 12.7. The number of para-hydroxylation sites is 2. The van der Waals surface area contributed by atoms with E-state index in [1.165, 1.54) is 0 Å². The number of hydrogen-bond acceptors (Lipinski definition) is 6. The van der Waals surface area contributed by atoms with E-state index in [4.69, 9.17) is 9.47 Å². The van der Waals surface area contributed by atoms with Crippen LogP contribution in [0.3, 0.4) is 0 Å². The van der Waals surface area contributed by atoms with E-state index in [1.54, 1.807) is 32.5 Å². The minimum atomic E-state index is -0.276. The topological polar surface area (TPSA) is 93.7 Å². The Morgan fingerprint density at radius 2 is 1.93 bits per heavy atom. The van der Waals surface area contributed by atoms with E-state index >= 15 is 0 Å². The molecule has 0 aliphatic carbocycles. The molecule has 2 heterocycles. The molecule has 0 unspecified atom stereocenters. The Labute approximate surface area is 176 Å².